The van der Waals surface area contributed by atoms with Crippen molar-refractivity contribution in [2.45, 2.75) is 44.0 Å². The molecule has 0 amide bonds. The van der Waals surface area contributed by atoms with Gasteiger partial charge in [0.25, 0.3) is 0 Å². The Balaban J connectivity index is 2.31. The number of aromatic nitrogens is 2. The predicted octanol–water partition coefficient (Wildman–Crippen LogP) is 0.778. The second-order valence-electron chi connectivity index (χ2n) is 5.06. The van der Waals surface area contributed by atoms with Gasteiger partial charge < -0.3 is 5.73 Å². The van der Waals surface area contributed by atoms with Gasteiger partial charge in [0.15, 0.2) is 5.82 Å². The molecule has 1 aliphatic carbocycles. The number of hydrogen-bond donors (Lipinski definition) is 2. The molecule has 3 N–H and O–H groups in total. The molecule has 1 heterocycles. The highest BCUT2D eigenvalue weighted by atomic mass is 32.2. The third-order valence-corrected chi connectivity index (χ3v) is 5.40. The minimum atomic E-state index is -3.58. The highest BCUT2D eigenvalue weighted by molar-refractivity contribution is 7.89. The van der Waals surface area contributed by atoms with Gasteiger partial charge >= 0.3 is 0 Å². The van der Waals surface area contributed by atoms with E-state index >= 15 is 0 Å². The molecule has 1 aromatic heterocycles. The number of rotatable bonds is 3. The molecule has 2 atom stereocenters. The SMILES string of the molecule is Cc1c(S(=O)(=O)NC2CCCC2C)c(N)nn1C. The molecule has 1 aromatic rings. The Bertz CT molecular complexity index is 550. The lowest BCUT2D eigenvalue weighted by atomic mass is 10.1. The summed E-state index contributed by atoms with van der Waals surface area (Å²) in [6.45, 7) is 3.77. The Morgan fingerprint density at radius 3 is 2.56 bits per heavy atom. The van der Waals surface area contributed by atoms with E-state index in [1.54, 1.807) is 14.0 Å². The van der Waals surface area contributed by atoms with Crippen LogP contribution in [0.15, 0.2) is 4.90 Å². The minimum absolute atomic E-state index is 0.00834. The Labute approximate surface area is 108 Å². The van der Waals surface area contributed by atoms with E-state index in [4.69, 9.17) is 5.73 Å². The number of hydrogen-bond acceptors (Lipinski definition) is 4. The molecule has 0 spiro atoms. The fraction of sp³-hybridized carbons (Fsp3) is 0.727. The standard InChI is InChI=1S/C11H20N4O2S/c1-7-5-4-6-9(7)14-18(16,17)10-8(2)15(3)13-11(10)12/h7,9,14H,4-6H2,1-3H3,(H2,12,13). The summed E-state index contributed by atoms with van der Waals surface area (Å²) in [7, 11) is -1.89. The van der Waals surface area contributed by atoms with E-state index in [1.807, 2.05) is 0 Å². The first-order valence-electron chi connectivity index (χ1n) is 6.14. The fourth-order valence-electron chi connectivity index (χ4n) is 2.53. The van der Waals surface area contributed by atoms with Gasteiger partial charge in [-0.25, -0.2) is 13.1 Å². The molecule has 0 radical (unpaired) electrons. The highest BCUT2D eigenvalue weighted by Crippen LogP contribution is 2.28. The van der Waals surface area contributed by atoms with Gasteiger partial charge in [-0.3, -0.25) is 4.68 Å². The van der Waals surface area contributed by atoms with Gasteiger partial charge in [-0.05, 0) is 25.7 Å². The fourth-order valence-corrected chi connectivity index (χ4v) is 4.23. The second-order valence-corrected chi connectivity index (χ2v) is 6.71. The molecule has 2 unspecified atom stereocenters. The van der Waals surface area contributed by atoms with Crippen LogP contribution in [0.3, 0.4) is 0 Å². The van der Waals surface area contributed by atoms with Crippen LogP contribution in [0, 0.1) is 12.8 Å². The van der Waals surface area contributed by atoms with E-state index in [1.165, 1.54) is 4.68 Å². The average Bonchev–Trinajstić information content (AvgIpc) is 2.73. The molecule has 1 saturated carbocycles. The molecule has 0 bridgehead atoms. The van der Waals surface area contributed by atoms with Crippen LogP contribution in [0.5, 0.6) is 0 Å². The molecule has 18 heavy (non-hydrogen) atoms. The molecule has 1 fully saturated rings. The van der Waals surface area contributed by atoms with Crippen LogP contribution in [-0.2, 0) is 17.1 Å². The van der Waals surface area contributed by atoms with E-state index in [0.29, 0.717) is 11.6 Å². The molecular formula is C11H20N4O2S. The third kappa shape index (κ3) is 2.24. The van der Waals surface area contributed by atoms with Crippen LogP contribution in [0.4, 0.5) is 5.82 Å². The molecule has 0 aromatic carbocycles. The van der Waals surface area contributed by atoms with Crippen molar-refractivity contribution in [2.75, 3.05) is 5.73 Å². The van der Waals surface area contributed by atoms with Crippen LogP contribution in [-0.4, -0.2) is 24.2 Å². The summed E-state index contributed by atoms with van der Waals surface area (Å²) >= 11 is 0. The minimum Gasteiger partial charge on any atom is -0.381 e. The van der Waals surface area contributed by atoms with E-state index in [2.05, 4.69) is 16.7 Å². The van der Waals surface area contributed by atoms with Crippen molar-refractivity contribution in [1.29, 1.82) is 0 Å². The van der Waals surface area contributed by atoms with Crippen molar-refractivity contribution < 1.29 is 8.42 Å². The maximum Gasteiger partial charge on any atom is 0.246 e. The molecule has 2 rings (SSSR count). The number of nitrogens with one attached hydrogen (secondary N) is 1. The number of sulfonamides is 1. The molecule has 0 saturated heterocycles. The van der Waals surface area contributed by atoms with E-state index in [0.717, 1.165) is 19.3 Å². The third-order valence-electron chi connectivity index (χ3n) is 3.74. The van der Waals surface area contributed by atoms with Crippen molar-refractivity contribution in [3.63, 3.8) is 0 Å². The largest absolute Gasteiger partial charge is 0.381 e. The molecular weight excluding hydrogens is 252 g/mol. The summed E-state index contributed by atoms with van der Waals surface area (Å²) in [6, 6.07) is 0.00834. The van der Waals surface area contributed by atoms with Gasteiger partial charge in [0.1, 0.15) is 4.90 Å². The topological polar surface area (TPSA) is 90.0 Å². The lowest BCUT2D eigenvalue weighted by Crippen LogP contribution is -2.36. The maximum absolute atomic E-state index is 12.3. The molecule has 0 aliphatic heterocycles. The first-order valence-corrected chi connectivity index (χ1v) is 7.62. The van der Waals surface area contributed by atoms with Gasteiger partial charge in [-0.15, -0.1) is 0 Å². The Kier molecular flexibility index (Phi) is 3.37. The zero-order valence-corrected chi connectivity index (χ0v) is 11.8. The van der Waals surface area contributed by atoms with Crippen LogP contribution in [0.1, 0.15) is 31.9 Å². The average molecular weight is 272 g/mol. The zero-order valence-electron chi connectivity index (χ0n) is 11.0. The first kappa shape index (κ1) is 13.4. The summed E-state index contributed by atoms with van der Waals surface area (Å²) < 4.78 is 28.9. The lowest BCUT2D eigenvalue weighted by molar-refractivity contribution is 0.476. The number of nitrogens with zero attached hydrogens (tertiary/aromatic N) is 2. The van der Waals surface area contributed by atoms with Gasteiger partial charge in [0.2, 0.25) is 10.0 Å². The van der Waals surface area contributed by atoms with Gasteiger partial charge in [0.05, 0.1) is 5.69 Å². The predicted molar refractivity (Wildman–Crippen MR) is 69.5 cm³/mol. The van der Waals surface area contributed by atoms with Crippen LogP contribution in [0.2, 0.25) is 0 Å². The van der Waals surface area contributed by atoms with Gasteiger partial charge in [0, 0.05) is 13.1 Å². The van der Waals surface area contributed by atoms with Crippen molar-refractivity contribution in [1.82, 2.24) is 14.5 Å². The summed E-state index contributed by atoms with van der Waals surface area (Å²) in [6.07, 6.45) is 3.02. The summed E-state index contributed by atoms with van der Waals surface area (Å²) in [5.74, 6) is 0.436. The maximum atomic E-state index is 12.3. The first-order chi connectivity index (χ1) is 8.33. The quantitative estimate of drug-likeness (QED) is 0.850. The zero-order chi connectivity index (χ0) is 13.5. The van der Waals surface area contributed by atoms with Gasteiger partial charge in [-0.2, -0.15) is 5.10 Å². The Hall–Kier alpha value is -1.08. The van der Waals surface area contributed by atoms with E-state index < -0.39 is 10.0 Å². The van der Waals surface area contributed by atoms with Gasteiger partial charge in [-0.1, -0.05) is 13.3 Å². The molecule has 102 valence electrons. The lowest BCUT2D eigenvalue weighted by Gasteiger charge is -2.17. The number of anilines is 1. The van der Waals surface area contributed by atoms with Crippen LogP contribution >= 0.6 is 0 Å². The van der Waals surface area contributed by atoms with E-state index in [9.17, 15) is 8.42 Å². The number of nitrogen functional groups attached to an aromatic ring is 1. The summed E-state index contributed by atoms with van der Waals surface area (Å²) in [5.41, 5.74) is 6.25. The smallest absolute Gasteiger partial charge is 0.246 e. The molecule has 7 heteroatoms. The van der Waals surface area contributed by atoms with Crippen LogP contribution in [0.25, 0.3) is 0 Å². The van der Waals surface area contributed by atoms with Crippen LogP contribution < -0.4 is 10.5 Å². The van der Waals surface area contributed by atoms with Crippen molar-refractivity contribution >= 4 is 15.8 Å². The summed E-state index contributed by atoms with van der Waals surface area (Å²) in [5, 5.41) is 3.95. The number of aryl methyl sites for hydroxylation is 1. The highest BCUT2D eigenvalue weighted by Gasteiger charge is 2.31. The van der Waals surface area contributed by atoms with Crippen molar-refractivity contribution in [2.24, 2.45) is 13.0 Å². The molecule has 1 aliphatic rings. The second kappa shape index (κ2) is 4.55. The Morgan fingerprint density at radius 1 is 1.44 bits per heavy atom. The number of nitrogens with two attached hydrogens (primary N) is 1. The van der Waals surface area contributed by atoms with Crippen molar-refractivity contribution in [3.05, 3.63) is 5.69 Å². The Morgan fingerprint density at radius 2 is 2.11 bits per heavy atom. The van der Waals surface area contributed by atoms with Crippen molar-refractivity contribution in [3.8, 4) is 0 Å². The molecule has 6 nitrogen and oxygen atoms in total. The monoisotopic (exact) mass is 272 g/mol. The van der Waals surface area contributed by atoms with E-state index in [-0.39, 0.29) is 16.8 Å². The normalized spacial score (nSPS) is 24.6. The summed E-state index contributed by atoms with van der Waals surface area (Å²) in [4.78, 5) is 0.115.